The Kier molecular flexibility index (Phi) is 8.96. The number of carbonyl (C=O) groups excluding carboxylic acids is 1. The van der Waals surface area contributed by atoms with Crippen LogP contribution in [0.4, 0.5) is 0 Å². The molecule has 0 saturated heterocycles. The molecule has 1 aliphatic heterocycles. The molecule has 0 bridgehead atoms. The summed E-state index contributed by atoms with van der Waals surface area (Å²) in [6, 6.07) is 41.0. The van der Waals surface area contributed by atoms with Crippen molar-refractivity contribution in [3.8, 4) is 23.0 Å². The summed E-state index contributed by atoms with van der Waals surface area (Å²) in [6.45, 7) is 1.51. The van der Waals surface area contributed by atoms with Crippen molar-refractivity contribution in [1.82, 2.24) is 0 Å². The van der Waals surface area contributed by atoms with Crippen molar-refractivity contribution < 1.29 is 28.5 Å². The first kappa shape index (κ1) is 28.1. The number of hydrogen-bond acceptors (Lipinski definition) is 6. The lowest BCUT2D eigenvalue weighted by atomic mass is 10.0. The van der Waals surface area contributed by atoms with E-state index in [4.69, 9.17) is 23.7 Å². The average Bonchev–Trinajstić information content (AvgIpc) is 3.07. The highest BCUT2D eigenvalue weighted by molar-refractivity contribution is 5.76. The normalized spacial score (nSPS) is 15.4. The highest BCUT2D eigenvalue weighted by Gasteiger charge is 2.34. The number of carbonyl (C=O) groups is 1. The predicted octanol–water partition coefficient (Wildman–Crippen LogP) is 7.76. The topological polar surface area (TPSA) is 63.2 Å². The van der Waals surface area contributed by atoms with Crippen LogP contribution in [0, 0.1) is 0 Å². The standard InChI is InChI=1S/C37H32O6/c38-22-30-16-18-33-35(20-30)42-36(26-39-23-27-10-4-1-5-11-27)37(43-33)31-17-19-32(40-24-28-12-6-2-7-13-28)34(21-31)41-25-29-14-8-3-9-15-29/h1-22,36-37H,23-26H2/t36-,37-/m1/s1. The third-order valence-corrected chi connectivity index (χ3v) is 7.14. The highest BCUT2D eigenvalue weighted by atomic mass is 16.6. The van der Waals surface area contributed by atoms with Gasteiger partial charge in [-0.3, -0.25) is 4.79 Å². The summed E-state index contributed by atoms with van der Waals surface area (Å²) in [7, 11) is 0. The third-order valence-electron chi connectivity index (χ3n) is 7.14. The largest absolute Gasteiger partial charge is 0.485 e. The molecule has 216 valence electrons. The zero-order valence-corrected chi connectivity index (χ0v) is 23.6. The Morgan fingerprint density at radius 2 is 1.19 bits per heavy atom. The monoisotopic (exact) mass is 572 g/mol. The van der Waals surface area contributed by atoms with Crippen LogP contribution in [0.2, 0.25) is 0 Å². The Morgan fingerprint density at radius 3 is 1.81 bits per heavy atom. The van der Waals surface area contributed by atoms with Crippen LogP contribution >= 0.6 is 0 Å². The quantitative estimate of drug-likeness (QED) is 0.142. The van der Waals surface area contributed by atoms with Gasteiger partial charge in [-0.25, -0.2) is 0 Å². The maximum atomic E-state index is 11.4. The molecule has 0 radical (unpaired) electrons. The lowest BCUT2D eigenvalue weighted by molar-refractivity contribution is -0.0398. The summed E-state index contributed by atoms with van der Waals surface area (Å²) in [4.78, 5) is 11.4. The van der Waals surface area contributed by atoms with E-state index in [-0.39, 0.29) is 6.61 Å². The van der Waals surface area contributed by atoms with Crippen molar-refractivity contribution >= 4 is 6.29 Å². The van der Waals surface area contributed by atoms with Gasteiger partial charge in [-0.2, -0.15) is 0 Å². The van der Waals surface area contributed by atoms with Crippen molar-refractivity contribution in [2.45, 2.75) is 32.0 Å². The lowest BCUT2D eigenvalue weighted by Crippen LogP contribution is -2.37. The molecule has 0 saturated carbocycles. The maximum Gasteiger partial charge on any atom is 0.163 e. The van der Waals surface area contributed by atoms with Crippen LogP contribution in [0.3, 0.4) is 0 Å². The van der Waals surface area contributed by atoms with Crippen LogP contribution in [0.5, 0.6) is 23.0 Å². The van der Waals surface area contributed by atoms with E-state index < -0.39 is 12.2 Å². The Morgan fingerprint density at radius 1 is 0.581 bits per heavy atom. The molecule has 0 aliphatic carbocycles. The van der Waals surface area contributed by atoms with Gasteiger partial charge in [0.05, 0.1) is 13.2 Å². The molecule has 0 N–H and O–H groups in total. The molecule has 0 aromatic heterocycles. The molecule has 0 fully saturated rings. The lowest BCUT2D eigenvalue weighted by Gasteiger charge is -2.34. The van der Waals surface area contributed by atoms with E-state index in [1.165, 1.54) is 0 Å². The fourth-order valence-corrected chi connectivity index (χ4v) is 4.90. The molecule has 1 heterocycles. The molecule has 6 heteroatoms. The number of ether oxygens (including phenoxy) is 5. The number of fused-ring (bicyclic) bond motifs is 1. The molecule has 5 aromatic carbocycles. The Labute approximate surface area is 251 Å². The van der Waals surface area contributed by atoms with Crippen molar-refractivity contribution in [1.29, 1.82) is 0 Å². The van der Waals surface area contributed by atoms with E-state index in [1.54, 1.807) is 18.2 Å². The first-order valence-electron chi connectivity index (χ1n) is 14.3. The van der Waals surface area contributed by atoms with Gasteiger partial charge in [0.2, 0.25) is 0 Å². The van der Waals surface area contributed by atoms with E-state index >= 15 is 0 Å². The second kappa shape index (κ2) is 13.7. The number of aldehydes is 1. The first-order chi connectivity index (χ1) is 21.2. The van der Waals surface area contributed by atoms with E-state index in [0.717, 1.165) is 28.5 Å². The Balaban J connectivity index is 1.27. The highest BCUT2D eigenvalue weighted by Crippen LogP contribution is 2.42. The average molecular weight is 573 g/mol. The number of hydrogen-bond donors (Lipinski definition) is 0. The van der Waals surface area contributed by atoms with Crippen molar-refractivity contribution in [2.24, 2.45) is 0 Å². The molecule has 0 amide bonds. The summed E-state index contributed by atoms with van der Waals surface area (Å²) in [6.07, 6.45) is -0.176. The Bertz CT molecular complexity index is 1620. The third kappa shape index (κ3) is 7.23. The first-order valence-corrected chi connectivity index (χ1v) is 14.3. The van der Waals surface area contributed by atoms with Gasteiger partial charge in [-0.15, -0.1) is 0 Å². The van der Waals surface area contributed by atoms with Crippen molar-refractivity contribution in [2.75, 3.05) is 6.61 Å². The minimum atomic E-state index is -0.493. The van der Waals surface area contributed by atoms with E-state index in [0.29, 0.717) is 48.4 Å². The van der Waals surface area contributed by atoms with Gasteiger partial charge in [-0.05, 0) is 47.0 Å². The molecule has 43 heavy (non-hydrogen) atoms. The summed E-state index contributed by atoms with van der Waals surface area (Å²) in [5.41, 5.74) is 4.54. The fourth-order valence-electron chi connectivity index (χ4n) is 4.90. The van der Waals surface area contributed by atoms with Crippen LogP contribution in [-0.2, 0) is 24.6 Å². The van der Waals surface area contributed by atoms with Gasteiger partial charge in [0.15, 0.2) is 35.2 Å². The summed E-state index contributed by atoms with van der Waals surface area (Å²) in [5.74, 6) is 2.31. The van der Waals surface area contributed by atoms with Crippen LogP contribution in [0.25, 0.3) is 0 Å². The molecule has 1 aliphatic rings. The van der Waals surface area contributed by atoms with E-state index in [9.17, 15) is 4.79 Å². The molecule has 6 nitrogen and oxygen atoms in total. The molecular weight excluding hydrogens is 540 g/mol. The summed E-state index contributed by atoms with van der Waals surface area (Å²) >= 11 is 0. The van der Waals surface area contributed by atoms with E-state index in [1.807, 2.05) is 109 Å². The van der Waals surface area contributed by atoms with Crippen LogP contribution in [0.15, 0.2) is 127 Å². The zero-order valence-electron chi connectivity index (χ0n) is 23.6. The van der Waals surface area contributed by atoms with Gasteiger partial charge < -0.3 is 23.7 Å². The van der Waals surface area contributed by atoms with Gasteiger partial charge in [0.1, 0.15) is 19.5 Å². The van der Waals surface area contributed by atoms with Crippen LogP contribution in [0.1, 0.15) is 38.7 Å². The van der Waals surface area contributed by atoms with Gasteiger partial charge >= 0.3 is 0 Å². The van der Waals surface area contributed by atoms with Gasteiger partial charge in [0.25, 0.3) is 0 Å². The fraction of sp³-hybridized carbons (Fsp3) is 0.162. The second-order valence-corrected chi connectivity index (χ2v) is 10.3. The molecule has 5 aromatic rings. The van der Waals surface area contributed by atoms with Crippen LogP contribution < -0.4 is 18.9 Å². The second-order valence-electron chi connectivity index (χ2n) is 10.3. The minimum Gasteiger partial charge on any atom is -0.485 e. The van der Waals surface area contributed by atoms with E-state index in [2.05, 4.69) is 0 Å². The minimum absolute atomic E-state index is 0.275. The van der Waals surface area contributed by atoms with Crippen molar-refractivity contribution in [3.63, 3.8) is 0 Å². The molecule has 2 atom stereocenters. The molecular formula is C37H32O6. The molecule has 6 rings (SSSR count). The summed E-state index contributed by atoms with van der Waals surface area (Å²) in [5, 5.41) is 0. The summed E-state index contributed by atoms with van der Waals surface area (Å²) < 4.78 is 31.6. The predicted molar refractivity (Wildman–Crippen MR) is 164 cm³/mol. The molecule has 0 unspecified atom stereocenters. The maximum absolute atomic E-state index is 11.4. The zero-order chi connectivity index (χ0) is 29.3. The number of benzene rings is 5. The van der Waals surface area contributed by atoms with Crippen LogP contribution in [-0.4, -0.2) is 19.0 Å². The SMILES string of the molecule is O=Cc1ccc2c(c1)O[C@H](COCc1ccccc1)[C@@H](c1ccc(OCc3ccccc3)c(OCc3ccccc3)c1)O2. The Hall–Kier alpha value is -5.07. The molecule has 0 spiro atoms. The van der Waals surface area contributed by atoms with Gasteiger partial charge in [0, 0.05) is 11.1 Å². The van der Waals surface area contributed by atoms with Crippen molar-refractivity contribution in [3.05, 3.63) is 155 Å². The van der Waals surface area contributed by atoms with Gasteiger partial charge in [-0.1, -0.05) is 97.1 Å². The number of rotatable bonds is 12. The smallest absolute Gasteiger partial charge is 0.163 e.